The molecule has 3 heterocycles. The van der Waals surface area contributed by atoms with Crippen molar-refractivity contribution in [3.8, 4) is 0 Å². The lowest BCUT2D eigenvalue weighted by Crippen LogP contribution is -2.53. The van der Waals surface area contributed by atoms with Gasteiger partial charge in [0.15, 0.2) is 0 Å². The average Bonchev–Trinajstić information content (AvgIpc) is 3.39. The number of ketones is 1. The van der Waals surface area contributed by atoms with Crippen LogP contribution in [0, 0.1) is 0 Å². The molecule has 1 aliphatic carbocycles. The molecule has 3 aliphatic rings. The number of hydrogen-bond acceptors (Lipinski definition) is 6. The van der Waals surface area contributed by atoms with E-state index in [1.54, 1.807) is 18.2 Å². The lowest BCUT2D eigenvalue weighted by molar-refractivity contribution is -0.140. The quantitative estimate of drug-likeness (QED) is 0.252. The molecule has 0 bridgehead atoms. The maximum atomic E-state index is 14.0. The highest BCUT2D eigenvalue weighted by Crippen LogP contribution is 2.38. The number of rotatable bonds is 9. The van der Waals surface area contributed by atoms with Gasteiger partial charge < -0.3 is 20.5 Å². The van der Waals surface area contributed by atoms with Gasteiger partial charge in [-0.05, 0) is 61.7 Å². The smallest absolute Gasteiger partial charge is 0.289 e. The Kier molecular flexibility index (Phi) is 8.06. The number of carbonyl (C=O) groups is 4. The van der Waals surface area contributed by atoms with E-state index in [9.17, 15) is 19.2 Å². The molecule has 1 saturated carbocycles. The Labute approximate surface area is 261 Å². The number of hydroxylamine groups is 1. The van der Waals surface area contributed by atoms with Gasteiger partial charge in [-0.1, -0.05) is 53.0 Å². The van der Waals surface area contributed by atoms with Gasteiger partial charge >= 0.3 is 0 Å². The first-order valence-corrected chi connectivity index (χ1v) is 15.5. The maximum Gasteiger partial charge on any atom is 0.289 e. The Balaban J connectivity index is 1.29. The van der Waals surface area contributed by atoms with Crippen molar-refractivity contribution in [2.24, 2.45) is 0 Å². The molecule has 2 fully saturated rings. The van der Waals surface area contributed by atoms with E-state index < -0.39 is 35.3 Å². The third kappa shape index (κ3) is 6.20. The van der Waals surface area contributed by atoms with E-state index in [1.165, 1.54) is 4.90 Å². The van der Waals surface area contributed by atoms with Gasteiger partial charge in [-0.3, -0.25) is 29.5 Å². The molecule has 6 rings (SSSR count). The van der Waals surface area contributed by atoms with Crippen LogP contribution in [-0.4, -0.2) is 63.7 Å². The van der Waals surface area contributed by atoms with Crippen LogP contribution < -0.4 is 16.1 Å². The molecular weight excluding hydrogens is 638 g/mol. The van der Waals surface area contributed by atoms with Crippen molar-refractivity contribution < 1.29 is 24.0 Å². The molecule has 43 heavy (non-hydrogen) atoms. The molecule has 3 aromatic rings. The highest BCUT2D eigenvalue weighted by atomic mass is 79.9. The van der Waals surface area contributed by atoms with Crippen molar-refractivity contribution in [1.82, 2.24) is 26.0 Å². The standard InChI is InChI=1S/C31H31BrClN5O5/c1-2-4-23(27(39)29(41)34-21-8-9-21)36-28(40)26-15-31(14-25(37-43-31)17-5-3-6-20(33)12-17)16-38(26)30(42)24-13-18-11-19(32)7-10-22(18)35-24/h3,5-7,10-14,21,23,26,35,37H,2,4,8-9,15-16H2,1H3,(H,34,41)(H,36,40)/t23-,26-,31+/m0/s1. The molecule has 3 amide bonds. The number of Topliss-reactive ketones (excluding diaryl/α,β-unsaturated/α-hetero) is 1. The summed E-state index contributed by atoms with van der Waals surface area (Å²) < 4.78 is 0.872. The lowest BCUT2D eigenvalue weighted by Gasteiger charge is -2.25. The van der Waals surface area contributed by atoms with Crippen molar-refractivity contribution in [2.75, 3.05) is 6.54 Å². The Hall–Kier alpha value is -3.67. The Bertz CT molecular complexity index is 1650. The zero-order chi connectivity index (χ0) is 30.3. The molecule has 1 aromatic heterocycles. The zero-order valence-electron chi connectivity index (χ0n) is 23.4. The van der Waals surface area contributed by atoms with Crippen LogP contribution in [-0.2, 0) is 19.2 Å². The molecule has 12 heteroatoms. The third-order valence-corrected chi connectivity index (χ3v) is 8.71. The van der Waals surface area contributed by atoms with E-state index in [1.807, 2.05) is 43.3 Å². The molecule has 2 aromatic carbocycles. The number of H-pyrrole nitrogens is 1. The molecule has 2 aliphatic heterocycles. The first-order valence-electron chi connectivity index (χ1n) is 14.3. The number of amides is 3. The third-order valence-electron chi connectivity index (χ3n) is 7.98. The summed E-state index contributed by atoms with van der Waals surface area (Å²) >= 11 is 9.66. The fourth-order valence-electron chi connectivity index (χ4n) is 5.64. The molecule has 1 saturated heterocycles. The molecule has 1 spiro atoms. The number of benzene rings is 2. The molecule has 0 radical (unpaired) electrons. The number of carbonyl (C=O) groups excluding carboxylic acids is 4. The van der Waals surface area contributed by atoms with Crippen molar-refractivity contribution in [2.45, 2.75) is 62.8 Å². The Morgan fingerprint density at radius 2 is 1.98 bits per heavy atom. The van der Waals surface area contributed by atoms with Crippen LogP contribution in [0.15, 0.2) is 59.1 Å². The van der Waals surface area contributed by atoms with Crippen LogP contribution in [0.1, 0.15) is 55.1 Å². The molecule has 3 atom stereocenters. The first kappa shape index (κ1) is 29.4. The second kappa shape index (κ2) is 11.8. The van der Waals surface area contributed by atoms with Crippen LogP contribution in [0.5, 0.6) is 0 Å². The van der Waals surface area contributed by atoms with Gasteiger partial charge in [0.2, 0.25) is 11.7 Å². The minimum atomic E-state index is -1.02. The van der Waals surface area contributed by atoms with Gasteiger partial charge in [-0.15, -0.1) is 0 Å². The normalized spacial score (nSPS) is 21.9. The van der Waals surface area contributed by atoms with E-state index in [2.05, 4.69) is 37.0 Å². The van der Waals surface area contributed by atoms with E-state index >= 15 is 0 Å². The fourth-order valence-corrected chi connectivity index (χ4v) is 6.21. The zero-order valence-corrected chi connectivity index (χ0v) is 25.8. The molecule has 0 unspecified atom stereocenters. The minimum absolute atomic E-state index is 0.0154. The molecular formula is C31H31BrClN5O5. The maximum absolute atomic E-state index is 14.0. The van der Waals surface area contributed by atoms with Crippen molar-refractivity contribution in [1.29, 1.82) is 0 Å². The number of aromatic amines is 1. The Morgan fingerprint density at radius 1 is 1.16 bits per heavy atom. The van der Waals surface area contributed by atoms with Crippen LogP contribution >= 0.6 is 27.5 Å². The van der Waals surface area contributed by atoms with Crippen LogP contribution in [0.3, 0.4) is 0 Å². The second-order valence-corrected chi connectivity index (χ2v) is 12.7. The summed E-state index contributed by atoms with van der Waals surface area (Å²) in [6, 6.07) is 12.7. The van der Waals surface area contributed by atoms with Crippen molar-refractivity contribution >= 4 is 67.6 Å². The van der Waals surface area contributed by atoms with Gasteiger partial charge in [-0.2, -0.15) is 0 Å². The van der Waals surface area contributed by atoms with E-state index in [-0.39, 0.29) is 24.9 Å². The summed E-state index contributed by atoms with van der Waals surface area (Å²) in [4.78, 5) is 64.1. The van der Waals surface area contributed by atoms with Crippen LogP contribution in [0.25, 0.3) is 16.6 Å². The van der Waals surface area contributed by atoms with Gasteiger partial charge in [-0.25, -0.2) is 0 Å². The number of fused-ring (bicyclic) bond motifs is 1. The number of nitrogens with one attached hydrogen (secondary N) is 4. The van der Waals surface area contributed by atoms with Gasteiger partial charge in [0.1, 0.15) is 17.3 Å². The molecule has 224 valence electrons. The molecule has 4 N–H and O–H groups in total. The fraction of sp³-hybridized carbons (Fsp3) is 0.355. The molecule has 10 nitrogen and oxygen atoms in total. The summed E-state index contributed by atoms with van der Waals surface area (Å²) in [5.74, 6) is -2.29. The van der Waals surface area contributed by atoms with Crippen molar-refractivity contribution in [3.05, 3.63) is 75.4 Å². The summed E-state index contributed by atoms with van der Waals surface area (Å²) in [7, 11) is 0. The summed E-state index contributed by atoms with van der Waals surface area (Å²) in [6.45, 7) is 1.95. The number of nitrogens with zero attached hydrogens (tertiary/aromatic N) is 1. The highest BCUT2D eigenvalue weighted by Gasteiger charge is 2.52. The minimum Gasteiger partial charge on any atom is -0.351 e. The van der Waals surface area contributed by atoms with Gasteiger partial charge in [0, 0.05) is 38.4 Å². The predicted molar refractivity (Wildman–Crippen MR) is 165 cm³/mol. The number of likely N-dealkylation sites (tertiary alicyclic amines) is 1. The van der Waals surface area contributed by atoms with Gasteiger partial charge in [0.25, 0.3) is 11.8 Å². The van der Waals surface area contributed by atoms with Gasteiger partial charge in [0.05, 0.1) is 18.3 Å². The second-order valence-electron chi connectivity index (χ2n) is 11.4. The van der Waals surface area contributed by atoms with Crippen LogP contribution in [0.4, 0.5) is 0 Å². The monoisotopic (exact) mass is 667 g/mol. The van der Waals surface area contributed by atoms with E-state index in [4.69, 9.17) is 16.4 Å². The predicted octanol–water partition coefficient (Wildman–Crippen LogP) is 4.25. The van der Waals surface area contributed by atoms with Crippen molar-refractivity contribution in [3.63, 3.8) is 0 Å². The van der Waals surface area contributed by atoms with E-state index in [0.717, 1.165) is 33.8 Å². The first-order chi connectivity index (χ1) is 20.6. The number of halogens is 2. The number of hydrogen-bond donors (Lipinski definition) is 4. The SMILES string of the molecule is CCC[C@H](NC(=O)[C@@H]1C[C@]2(C=C(c3cccc(Cl)c3)NO2)CN1C(=O)c1cc2cc(Br)ccc2[nH]1)C(=O)C(=O)NC1CC1. The number of aromatic nitrogens is 1. The summed E-state index contributed by atoms with van der Waals surface area (Å²) in [5.41, 5.74) is 4.50. The summed E-state index contributed by atoms with van der Waals surface area (Å²) in [6.07, 6.45) is 4.56. The largest absolute Gasteiger partial charge is 0.351 e. The lowest BCUT2D eigenvalue weighted by atomic mass is 9.97. The highest BCUT2D eigenvalue weighted by molar-refractivity contribution is 9.10. The topological polar surface area (TPSA) is 133 Å². The van der Waals surface area contributed by atoms with Crippen LogP contribution in [0.2, 0.25) is 5.02 Å². The average molecular weight is 669 g/mol. The summed E-state index contributed by atoms with van der Waals surface area (Å²) in [5, 5.41) is 6.89. The Morgan fingerprint density at radius 3 is 2.72 bits per heavy atom. The van der Waals surface area contributed by atoms with E-state index in [0.29, 0.717) is 29.3 Å².